The number of aryl methyl sites for hydroxylation is 1. The minimum Gasteiger partial charge on any atom is -0.488 e. The fraction of sp³-hybridized carbons (Fsp3) is 0.625. The Morgan fingerprint density at radius 3 is 2.22 bits per heavy atom. The Balaban J connectivity index is 2.58. The SMILES string of the molecule is CCCc1ccc(OC(CC)C(O)CCC)cc1. The van der Waals surface area contributed by atoms with Gasteiger partial charge >= 0.3 is 0 Å². The molecule has 2 nitrogen and oxygen atoms in total. The molecule has 0 aliphatic rings. The van der Waals surface area contributed by atoms with Gasteiger partial charge in [-0.05, 0) is 37.0 Å². The highest BCUT2D eigenvalue weighted by atomic mass is 16.5. The lowest BCUT2D eigenvalue weighted by Crippen LogP contribution is -2.30. The molecule has 0 saturated heterocycles. The molecule has 0 aliphatic carbocycles. The third kappa shape index (κ3) is 4.69. The molecule has 0 fully saturated rings. The molecule has 2 heteroatoms. The van der Waals surface area contributed by atoms with Gasteiger partial charge in [-0.3, -0.25) is 0 Å². The van der Waals surface area contributed by atoms with Crippen molar-refractivity contribution in [2.24, 2.45) is 0 Å². The van der Waals surface area contributed by atoms with Crippen LogP contribution in [0.1, 0.15) is 52.0 Å². The van der Waals surface area contributed by atoms with Gasteiger partial charge in [0.1, 0.15) is 11.9 Å². The summed E-state index contributed by atoms with van der Waals surface area (Å²) in [5.74, 6) is 0.858. The van der Waals surface area contributed by atoms with E-state index in [1.807, 2.05) is 12.1 Å². The molecule has 1 aromatic rings. The van der Waals surface area contributed by atoms with Gasteiger partial charge in [-0.1, -0.05) is 45.7 Å². The first-order valence-corrected chi connectivity index (χ1v) is 7.14. The van der Waals surface area contributed by atoms with Gasteiger partial charge in [0, 0.05) is 0 Å². The number of aliphatic hydroxyl groups excluding tert-OH is 1. The Bertz CT molecular complexity index is 318. The first kappa shape index (κ1) is 15.0. The van der Waals surface area contributed by atoms with Crippen molar-refractivity contribution in [3.8, 4) is 5.75 Å². The summed E-state index contributed by atoms with van der Waals surface area (Å²) in [7, 11) is 0. The largest absolute Gasteiger partial charge is 0.488 e. The van der Waals surface area contributed by atoms with E-state index in [2.05, 4.69) is 32.9 Å². The molecule has 2 atom stereocenters. The third-order valence-electron chi connectivity index (χ3n) is 3.17. The van der Waals surface area contributed by atoms with Crippen molar-refractivity contribution < 1.29 is 9.84 Å². The molecular formula is C16H26O2. The lowest BCUT2D eigenvalue weighted by atomic mass is 10.1. The third-order valence-corrected chi connectivity index (χ3v) is 3.17. The van der Waals surface area contributed by atoms with Crippen molar-refractivity contribution in [2.45, 2.75) is 65.1 Å². The summed E-state index contributed by atoms with van der Waals surface area (Å²) >= 11 is 0. The zero-order chi connectivity index (χ0) is 13.4. The van der Waals surface area contributed by atoms with E-state index >= 15 is 0 Å². The van der Waals surface area contributed by atoms with Crippen LogP contribution >= 0.6 is 0 Å². The second kappa shape index (κ2) is 8.15. The number of benzene rings is 1. The summed E-state index contributed by atoms with van der Waals surface area (Å²) < 4.78 is 5.86. The second-order valence-corrected chi connectivity index (χ2v) is 4.81. The summed E-state index contributed by atoms with van der Waals surface area (Å²) in [5.41, 5.74) is 1.34. The lowest BCUT2D eigenvalue weighted by molar-refractivity contribution is 0.0284. The fourth-order valence-electron chi connectivity index (χ4n) is 2.11. The maximum atomic E-state index is 9.98. The van der Waals surface area contributed by atoms with Crippen molar-refractivity contribution in [3.05, 3.63) is 29.8 Å². The smallest absolute Gasteiger partial charge is 0.124 e. The summed E-state index contributed by atoms with van der Waals surface area (Å²) in [5, 5.41) is 9.98. The van der Waals surface area contributed by atoms with Crippen LogP contribution in [0.2, 0.25) is 0 Å². The molecule has 0 saturated carbocycles. The van der Waals surface area contributed by atoms with E-state index in [1.54, 1.807) is 0 Å². The first-order chi connectivity index (χ1) is 8.71. The van der Waals surface area contributed by atoms with Crippen LogP contribution < -0.4 is 4.74 Å². The molecule has 0 radical (unpaired) electrons. The van der Waals surface area contributed by atoms with E-state index in [9.17, 15) is 5.11 Å². The summed E-state index contributed by atoms with van der Waals surface area (Å²) in [4.78, 5) is 0. The predicted molar refractivity (Wildman–Crippen MR) is 76.1 cm³/mol. The van der Waals surface area contributed by atoms with Crippen LogP contribution in [-0.4, -0.2) is 17.3 Å². The van der Waals surface area contributed by atoms with E-state index in [-0.39, 0.29) is 12.2 Å². The van der Waals surface area contributed by atoms with Crippen LogP contribution in [-0.2, 0) is 6.42 Å². The molecular weight excluding hydrogens is 224 g/mol. The van der Waals surface area contributed by atoms with E-state index < -0.39 is 0 Å². The van der Waals surface area contributed by atoms with Gasteiger partial charge in [-0.25, -0.2) is 0 Å². The highest BCUT2D eigenvalue weighted by molar-refractivity contribution is 5.27. The highest BCUT2D eigenvalue weighted by Crippen LogP contribution is 2.18. The number of rotatable bonds is 8. The molecule has 1 N–H and O–H groups in total. The van der Waals surface area contributed by atoms with Crippen molar-refractivity contribution in [2.75, 3.05) is 0 Å². The second-order valence-electron chi connectivity index (χ2n) is 4.81. The predicted octanol–water partition coefficient (Wildman–Crippen LogP) is 3.96. The molecule has 0 aliphatic heterocycles. The molecule has 0 amide bonds. The maximum absolute atomic E-state index is 9.98. The number of hydrogen-bond acceptors (Lipinski definition) is 2. The molecule has 1 rings (SSSR count). The highest BCUT2D eigenvalue weighted by Gasteiger charge is 2.18. The van der Waals surface area contributed by atoms with E-state index in [4.69, 9.17) is 4.74 Å². The zero-order valence-corrected chi connectivity index (χ0v) is 11.9. The number of hydrogen-bond donors (Lipinski definition) is 1. The Labute approximate surface area is 111 Å². The maximum Gasteiger partial charge on any atom is 0.124 e. The Hall–Kier alpha value is -1.02. The van der Waals surface area contributed by atoms with Crippen LogP contribution in [0.15, 0.2) is 24.3 Å². The Morgan fingerprint density at radius 2 is 1.72 bits per heavy atom. The Morgan fingerprint density at radius 1 is 1.06 bits per heavy atom. The van der Waals surface area contributed by atoms with Crippen LogP contribution in [0.5, 0.6) is 5.75 Å². The number of ether oxygens (including phenoxy) is 1. The molecule has 0 spiro atoms. The molecule has 0 bridgehead atoms. The van der Waals surface area contributed by atoms with E-state index in [0.717, 1.165) is 37.9 Å². The van der Waals surface area contributed by atoms with Gasteiger partial charge in [0.05, 0.1) is 6.10 Å². The lowest BCUT2D eigenvalue weighted by Gasteiger charge is -2.22. The van der Waals surface area contributed by atoms with Crippen molar-refractivity contribution in [1.82, 2.24) is 0 Å². The average Bonchev–Trinajstić information content (AvgIpc) is 2.38. The van der Waals surface area contributed by atoms with Gasteiger partial charge < -0.3 is 9.84 Å². The Kier molecular flexibility index (Phi) is 6.81. The van der Waals surface area contributed by atoms with E-state index in [0.29, 0.717) is 0 Å². The quantitative estimate of drug-likeness (QED) is 0.756. The molecule has 2 unspecified atom stereocenters. The van der Waals surface area contributed by atoms with Gasteiger partial charge in [0.25, 0.3) is 0 Å². The fourth-order valence-corrected chi connectivity index (χ4v) is 2.11. The van der Waals surface area contributed by atoms with Crippen LogP contribution in [0.3, 0.4) is 0 Å². The molecule has 102 valence electrons. The van der Waals surface area contributed by atoms with E-state index in [1.165, 1.54) is 5.56 Å². The van der Waals surface area contributed by atoms with Gasteiger partial charge in [-0.2, -0.15) is 0 Å². The standard InChI is InChI=1S/C16H26O2/c1-4-7-13-9-11-14(12-10-13)18-16(6-3)15(17)8-5-2/h9-12,15-17H,4-8H2,1-3H3. The van der Waals surface area contributed by atoms with Crippen LogP contribution in [0, 0.1) is 0 Å². The minimum absolute atomic E-state index is 0.0954. The zero-order valence-electron chi connectivity index (χ0n) is 11.9. The molecule has 18 heavy (non-hydrogen) atoms. The molecule has 0 aromatic heterocycles. The van der Waals surface area contributed by atoms with Crippen LogP contribution in [0.4, 0.5) is 0 Å². The van der Waals surface area contributed by atoms with Gasteiger partial charge in [0.2, 0.25) is 0 Å². The number of aliphatic hydroxyl groups is 1. The minimum atomic E-state index is -0.365. The van der Waals surface area contributed by atoms with Crippen molar-refractivity contribution in [1.29, 1.82) is 0 Å². The summed E-state index contributed by atoms with van der Waals surface area (Å²) in [6.45, 7) is 6.31. The normalized spacial score (nSPS) is 14.2. The van der Waals surface area contributed by atoms with Gasteiger partial charge in [0.15, 0.2) is 0 Å². The van der Waals surface area contributed by atoms with Gasteiger partial charge in [-0.15, -0.1) is 0 Å². The molecule has 1 aromatic carbocycles. The topological polar surface area (TPSA) is 29.5 Å². The molecule has 0 heterocycles. The summed E-state index contributed by atoms with van der Waals surface area (Å²) in [6, 6.07) is 8.23. The first-order valence-electron chi connectivity index (χ1n) is 7.14. The monoisotopic (exact) mass is 250 g/mol. The van der Waals surface area contributed by atoms with Crippen LogP contribution in [0.25, 0.3) is 0 Å². The van der Waals surface area contributed by atoms with Crippen molar-refractivity contribution in [3.63, 3.8) is 0 Å². The van der Waals surface area contributed by atoms with Crippen molar-refractivity contribution >= 4 is 0 Å². The average molecular weight is 250 g/mol. The summed E-state index contributed by atoms with van der Waals surface area (Å²) in [6.07, 6.45) is 4.42.